The van der Waals surface area contributed by atoms with Crippen molar-refractivity contribution in [3.8, 4) is 0 Å². The number of rotatable bonds is 4. The standard InChI is InChI=1S/C12H11NO4S2/c1-8-2-3-10(6-11(8)12(14)15)19(16,17)13-9-4-5-18-7-9/h2-7,13H,1H3,(H,14,15). The molecule has 1 aromatic carbocycles. The minimum absolute atomic E-state index is 0.0202. The van der Waals surface area contributed by atoms with Crippen molar-refractivity contribution in [1.82, 2.24) is 0 Å². The molecule has 0 bridgehead atoms. The Morgan fingerprint density at radius 3 is 2.63 bits per heavy atom. The third-order valence-electron chi connectivity index (χ3n) is 2.52. The van der Waals surface area contributed by atoms with Crippen molar-refractivity contribution in [2.24, 2.45) is 0 Å². The van der Waals surface area contributed by atoms with Gasteiger partial charge in [0, 0.05) is 5.38 Å². The number of sulfonamides is 1. The van der Waals surface area contributed by atoms with Crippen molar-refractivity contribution in [1.29, 1.82) is 0 Å². The number of aryl methyl sites for hydroxylation is 1. The summed E-state index contributed by atoms with van der Waals surface area (Å²) in [6, 6.07) is 5.66. The molecule has 2 aromatic rings. The van der Waals surface area contributed by atoms with Crippen LogP contribution in [-0.2, 0) is 10.0 Å². The van der Waals surface area contributed by atoms with Crippen LogP contribution in [0.4, 0.5) is 5.69 Å². The van der Waals surface area contributed by atoms with Gasteiger partial charge in [0.2, 0.25) is 0 Å². The van der Waals surface area contributed by atoms with Crippen LogP contribution in [0.2, 0.25) is 0 Å². The topological polar surface area (TPSA) is 83.5 Å². The van der Waals surface area contributed by atoms with Crippen LogP contribution < -0.4 is 4.72 Å². The third kappa shape index (κ3) is 2.94. The zero-order valence-electron chi connectivity index (χ0n) is 9.95. The predicted molar refractivity (Wildman–Crippen MR) is 73.3 cm³/mol. The van der Waals surface area contributed by atoms with Gasteiger partial charge in [0.25, 0.3) is 10.0 Å². The second-order valence-electron chi connectivity index (χ2n) is 3.90. The summed E-state index contributed by atoms with van der Waals surface area (Å²) in [6.07, 6.45) is 0. The summed E-state index contributed by atoms with van der Waals surface area (Å²) in [5.41, 5.74) is 0.956. The number of hydrogen-bond acceptors (Lipinski definition) is 4. The van der Waals surface area contributed by atoms with E-state index in [2.05, 4.69) is 4.72 Å². The summed E-state index contributed by atoms with van der Waals surface area (Å²) >= 11 is 1.36. The van der Waals surface area contributed by atoms with E-state index < -0.39 is 16.0 Å². The van der Waals surface area contributed by atoms with Crippen LogP contribution >= 0.6 is 11.3 Å². The average Bonchev–Trinajstić information content (AvgIpc) is 2.80. The lowest BCUT2D eigenvalue weighted by molar-refractivity contribution is 0.0696. The molecular weight excluding hydrogens is 286 g/mol. The molecule has 0 aliphatic carbocycles. The number of benzene rings is 1. The monoisotopic (exact) mass is 297 g/mol. The largest absolute Gasteiger partial charge is 0.478 e. The van der Waals surface area contributed by atoms with Crippen molar-refractivity contribution in [2.75, 3.05) is 4.72 Å². The quantitative estimate of drug-likeness (QED) is 0.908. The Morgan fingerprint density at radius 1 is 1.32 bits per heavy atom. The van der Waals surface area contributed by atoms with Gasteiger partial charge in [-0.2, -0.15) is 11.3 Å². The van der Waals surface area contributed by atoms with Gasteiger partial charge in [-0.05, 0) is 36.1 Å². The Morgan fingerprint density at radius 2 is 2.05 bits per heavy atom. The molecule has 100 valence electrons. The van der Waals surface area contributed by atoms with Crippen LogP contribution in [-0.4, -0.2) is 19.5 Å². The van der Waals surface area contributed by atoms with Crippen molar-refractivity contribution in [3.05, 3.63) is 46.2 Å². The fraction of sp³-hybridized carbons (Fsp3) is 0.0833. The van der Waals surface area contributed by atoms with Crippen molar-refractivity contribution in [2.45, 2.75) is 11.8 Å². The molecule has 0 aliphatic heterocycles. The molecule has 0 saturated heterocycles. The highest BCUT2D eigenvalue weighted by Crippen LogP contribution is 2.20. The van der Waals surface area contributed by atoms with Crippen LogP contribution in [0, 0.1) is 6.92 Å². The first-order valence-corrected chi connectivity index (χ1v) is 7.72. The van der Waals surface area contributed by atoms with Crippen LogP contribution in [0.3, 0.4) is 0 Å². The third-order valence-corrected chi connectivity index (χ3v) is 4.59. The maximum Gasteiger partial charge on any atom is 0.335 e. The van der Waals surface area contributed by atoms with E-state index in [-0.39, 0.29) is 10.5 Å². The number of aromatic carboxylic acids is 1. The molecule has 1 heterocycles. The molecule has 0 aliphatic rings. The lowest BCUT2D eigenvalue weighted by Crippen LogP contribution is -2.13. The van der Waals surface area contributed by atoms with E-state index in [1.807, 2.05) is 0 Å². The van der Waals surface area contributed by atoms with Gasteiger partial charge in [0.15, 0.2) is 0 Å². The van der Waals surface area contributed by atoms with Crippen LogP contribution in [0.15, 0.2) is 39.9 Å². The van der Waals surface area contributed by atoms with Crippen LogP contribution in [0.5, 0.6) is 0 Å². The highest BCUT2D eigenvalue weighted by atomic mass is 32.2. The van der Waals surface area contributed by atoms with Gasteiger partial charge >= 0.3 is 5.97 Å². The SMILES string of the molecule is Cc1ccc(S(=O)(=O)Nc2ccsc2)cc1C(=O)O. The van der Waals surface area contributed by atoms with Crippen LogP contribution in [0.1, 0.15) is 15.9 Å². The molecule has 0 spiro atoms. The van der Waals surface area contributed by atoms with E-state index in [4.69, 9.17) is 5.11 Å². The second-order valence-corrected chi connectivity index (χ2v) is 6.36. The highest BCUT2D eigenvalue weighted by molar-refractivity contribution is 7.92. The fourth-order valence-corrected chi connectivity index (χ4v) is 3.27. The van der Waals surface area contributed by atoms with E-state index in [1.54, 1.807) is 23.8 Å². The molecule has 0 fully saturated rings. The van der Waals surface area contributed by atoms with Gasteiger partial charge in [-0.1, -0.05) is 6.07 Å². The Balaban J connectivity index is 2.41. The van der Waals surface area contributed by atoms with Crippen molar-refractivity contribution >= 4 is 33.0 Å². The first-order chi connectivity index (χ1) is 8.90. The summed E-state index contributed by atoms with van der Waals surface area (Å²) < 4.78 is 26.6. The zero-order chi connectivity index (χ0) is 14.0. The fourth-order valence-electron chi connectivity index (χ4n) is 1.54. The number of anilines is 1. The minimum Gasteiger partial charge on any atom is -0.478 e. The van der Waals surface area contributed by atoms with Crippen LogP contribution in [0.25, 0.3) is 0 Å². The minimum atomic E-state index is -3.76. The van der Waals surface area contributed by atoms with Gasteiger partial charge in [0.05, 0.1) is 16.1 Å². The number of nitrogens with one attached hydrogen (secondary N) is 1. The molecule has 5 nitrogen and oxygen atoms in total. The zero-order valence-corrected chi connectivity index (χ0v) is 11.6. The molecule has 0 amide bonds. The molecule has 2 rings (SSSR count). The first kappa shape index (κ1) is 13.6. The van der Waals surface area contributed by atoms with E-state index in [9.17, 15) is 13.2 Å². The number of thiophene rings is 1. The summed E-state index contributed by atoms with van der Waals surface area (Å²) in [5.74, 6) is -1.15. The molecule has 0 atom stereocenters. The normalized spacial score (nSPS) is 11.2. The maximum absolute atomic E-state index is 12.1. The van der Waals surface area contributed by atoms with E-state index >= 15 is 0 Å². The average molecular weight is 297 g/mol. The van der Waals surface area contributed by atoms with Crippen molar-refractivity contribution in [3.63, 3.8) is 0 Å². The lowest BCUT2D eigenvalue weighted by Gasteiger charge is -2.08. The number of carboxylic acid groups (broad SMARTS) is 1. The Bertz CT molecular complexity index is 705. The smallest absolute Gasteiger partial charge is 0.335 e. The summed E-state index contributed by atoms with van der Waals surface area (Å²) in [7, 11) is -3.76. The van der Waals surface area contributed by atoms with E-state index in [0.717, 1.165) is 6.07 Å². The molecule has 7 heteroatoms. The Kier molecular flexibility index (Phi) is 3.59. The number of hydrogen-bond donors (Lipinski definition) is 2. The summed E-state index contributed by atoms with van der Waals surface area (Å²) in [4.78, 5) is 10.9. The molecule has 1 aromatic heterocycles. The maximum atomic E-state index is 12.1. The van der Waals surface area contributed by atoms with Gasteiger partial charge in [-0.3, -0.25) is 4.72 Å². The Hall–Kier alpha value is -1.86. The molecule has 0 radical (unpaired) electrons. The van der Waals surface area contributed by atoms with Gasteiger partial charge in [-0.25, -0.2) is 13.2 Å². The van der Waals surface area contributed by atoms with Gasteiger partial charge in [-0.15, -0.1) is 0 Å². The highest BCUT2D eigenvalue weighted by Gasteiger charge is 2.17. The molecule has 2 N–H and O–H groups in total. The van der Waals surface area contributed by atoms with Gasteiger partial charge in [0.1, 0.15) is 0 Å². The summed E-state index contributed by atoms with van der Waals surface area (Å²) in [5, 5.41) is 12.4. The molecule has 0 unspecified atom stereocenters. The molecular formula is C12H11NO4S2. The van der Waals surface area contributed by atoms with Crippen molar-refractivity contribution < 1.29 is 18.3 Å². The number of carbonyl (C=O) groups is 1. The van der Waals surface area contributed by atoms with Gasteiger partial charge < -0.3 is 5.11 Å². The lowest BCUT2D eigenvalue weighted by atomic mass is 10.1. The molecule has 0 saturated carbocycles. The molecule has 19 heavy (non-hydrogen) atoms. The van der Waals surface area contributed by atoms with E-state index in [0.29, 0.717) is 11.3 Å². The predicted octanol–water partition coefficient (Wildman–Crippen LogP) is 2.56. The number of carboxylic acids is 1. The second kappa shape index (κ2) is 5.02. The Labute approximate surface area is 114 Å². The summed E-state index contributed by atoms with van der Waals surface area (Å²) in [6.45, 7) is 1.62. The first-order valence-electron chi connectivity index (χ1n) is 5.29. The van der Waals surface area contributed by atoms with E-state index in [1.165, 1.54) is 23.5 Å².